The third kappa shape index (κ3) is 2.61. The van der Waals surface area contributed by atoms with Crippen molar-refractivity contribution in [2.24, 2.45) is 0 Å². The lowest BCUT2D eigenvalue weighted by molar-refractivity contribution is 1.33. The van der Waals surface area contributed by atoms with Crippen LogP contribution in [0.2, 0.25) is 0 Å². The SMILES string of the molecule is Cc1ccc2c(c1)c1cc(C)cc3c4ccccc4c4ccccc4c4ccc(C)cc4n2c31. The van der Waals surface area contributed by atoms with Crippen LogP contribution in [-0.4, -0.2) is 4.40 Å². The van der Waals surface area contributed by atoms with Crippen molar-refractivity contribution in [2.75, 3.05) is 0 Å². The van der Waals surface area contributed by atoms with Crippen LogP contribution in [0.3, 0.4) is 0 Å². The summed E-state index contributed by atoms with van der Waals surface area (Å²) in [6.07, 6.45) is 0. The first kappa shape index (κ1) is 19.4. The van der Waals surface area contributed by atoms with E-state index in [2.05, 4.69) is 122 Å². The van der Waals surface area contributed by atoms with Gasteiger partial charge in [0, 0.05) is 21.5 Å². The van der Waals surface area contributed by atoms with Crippen LogP contribution < -0.4 is 0 Å². The molecular formula is C33H25N. The van der Waals surface area contributed by atoms with Crippen LogP contribution in [0.5, 0.6) is 0 Å². The number of hydrogen-bond acceptors (Lipinski definition) is 0. The predicted molar refractivity (Wildman–Crippen MR) is 148 cm³/mol. The fourth-order valence-electron chi connectivity index (χ4n) is 5.82. The number of aromatic nitrogens is 1. The molecule has 0 unspecified atom stereocenters. The first-order chi connectivity index (χ1) is 16.6. The van der Waals surface area contributed by atoms with Crippen LogP contribution in [0.4, 0.5) is 0 Å². The van der Waals surface area contributed by atoms with Crippen LogP contribution in [0.15, 0.2) is 97.1 Å². The van der Waals surface area contributed by atoms with E-state index < -0.39 is 0 Å². The molecule has 0 saturated carbocycles. The number of fused-ring (bicyclic) bond motifs is 10. The Balaban J connectivity index is 2.03. The molecule has 0 N–H and O–H groups in total. The lowest BCUT2D eigenvalue weighted by atomic mass is 9.99. The highest BCUT2D eigenvalue weighted by atomic mass is 14.9. The fourth-order valence-corrected chi connectivity index (χ4v) is 5.82. The molecule has 0 atom stereocenters. The van der Waals surface area contributed by atoms with Crippen LogP contribution in [0.25, 0.3) is 59.6 Å². The van der Waals surface area contributed by atoms with Crippen LogP contribution >= 0.6 is 0 Å². The van der Waals surface area contributed by atoms with Crippen molar-refractivity contribution in [3.8, 4) is 0 Å². The molecule has 2 aromatic heterocycles. The number of rotatable bonds is 0. The first-order valence-electron chi connectivity index (χ1n) is 12.0. The van der Waals surface area contributed by atoms with Crippen molar-refractivity contribution in [3.63, 3.8) is 0 Å². The Morgan fingerprint density at radius 1 is 0.382 bits per heavy atom. The Morgan fingerprint density at radius 3 is 1.56 bits per heavy atom. The summed E-state index contributed by atoms with van der Waals surface area (Å²) >= 11 is 0. The highest BCUT2D eigenvalue weighted by molar-refractivity contribution is 6.25. The van der Waals surface area contributed by atoms with E-state index in [0.29, 0.717) is 0 Å². The molecule has 1 nitrogen and oxygen atoms in total. The summed E-state index contributed by atoms with van der Waals surface area (Å²) in [5.74, 6) is 0. The van der Waals surface area contributed by atoms with E-state index in [1.165, 1.54) is 76.3 Å². The third-order valence-electron chi connectivity index (χ3n) is 7.28. The van der Waals surface area contributed by atoms with Crippen LogP contribution in [0.1, 0.15) is 16.7 Å². The minimum Gasteiger partial charge on any atom is -0.308 e. The van der Waals surface area contributed by atoms with Gasteiger partial charge >= 0.3 is 0 Å². The molecular weight excluding hydrogens is 410 g/mol. The summed E-state index contributed by atoms with van der Waals surface area (Å²) in [5.41, 5.74) is 7.64. The monoisotopic (exact) mass is 435 g/mol. The smallest absolute Gasteiger partial charge is 0.0620 e. The Kier molecular flexibility index (Phi) is 3.96. The van der Waals surface area contributed by atoms with Crippen molar-refractivity contribution in [2.45, 2.75) is 20.8 Å². The molecule has 7 rings (SSSR count). The Hall–Kier alpha value is -4.10. The number of nitrogens with zero attached hydrogens (tertiary/aromatic N) is 1. The van der Waals surface area contributed by atoms with Gasteiger partial charge in [-0.3, -0.25) is 0 Å². The van der Waals surface area contributed by atoms with Gasteiger partial charge in [0.05, 0.1) is 16.6 Å². The van der Waals surface area contributed by atoms with E-state index in [4.69, 9.17) is 0 Å². The van der Waals surface area contributed by atoms with Crippen molar-refractivity contribution in [1.29, 1.82) is 0 Å². The molecule has 5 aromatic carbocycles. The zero-order chi connectivity index (χ0) is 23.0. The summed E-state index contributed by atoms with van der Waals surface area (Å²) in [7, 11) is 0. The van der Waals surface area contributed by atoms with Gasteiger partial charge in [-0.1, -0.05) is 72.3 Å². The van der Waals surface area contributed by atoms with Gasteiger partial charge in [0.2, 0.25) is 0 Å². The molecule has 7 aromatic rings. The second-order valence-corrected chi connectivity index (χ2v) is 9.68. The van der Waals surface area contributed by atoms with Gasteiger partial charge in [-0.05, 0) is 83.8 Å². The van der Waals surface area contributed by atoms with Gasteiger partial charge in [-0.2, -0.15) is 0 Å². The molecule has 0 aliphatic carbocycles. The lowest BCUT2D eigenvalue weighted by Crippen LogP contribution is -1.88. The van der Waals surface area contributed by atoms with Gasteiger partial charge in [0.1, 0.15) is 0 Å². The molecule has 0 bridgehead atoms. The first-order valence-corrected chi connectivity index (χ1v) is 12.0. The van der Waals surface area contributed by atoms with Gasteiger partial charge < -0.3 is 4.40 Å². The third-order valence-corrected chi connectivity index (χ3v) is 7.28. The van der Waals surface area contributed by atoms with Crippen molar-refractivity contribution >= 4 is 59.6 Å². The molecule has 0 fully saturated rings. The molecule has 34 heavy (non-hydrogen) atoms. The fraction of sp³-hybridized carbons (Fsp3) is 0.0909. The normalized spacial score (nSPS) is 12.0. The topological polar surface area (TPSA) is 4.41 Å². The predicted octanol–water partition coefficient (Wildman–Crippen LogP) is 9.19. The number of benzene rings is 5. The van der Waals surface area contributed by atoms with Gasteiger partial charge in [-0.25, -0.2) is 0 Å². The molecule has 2 heterocycles. The van der Waals surface area contributed by atoms with Crippen LogP contribution in [-0.2, 0) is 0 Å². The largest absolute Gasteiger partial charge is 0.308 e. The Bertz CT molecular complexity index is 1990. The lowest BCUT2D eigenvalue weighted by Gasteiger charge is -2.06. The molecule has 0 saturated heterocycles. The molecule has 0 radical (unpaired) electrons. The molecule has 162 valence electrons. The van der Waals surface area contributed by atoms with E-state index >= 15 is 0 Å². The average Bonchev–Trinajstić information content (AvgIpc) is 3.17. The maximum absolute atomic E-state index is 2.51. The highest BCUT2D eigenvalue weighted by Gasteiger charge is 2.15. The minimum absolute atomic E-state index is 1.24. The van der Waals surface area contributed by atoms with Gasteiger partial charge in [0.25, 0.3) is 0 Å². The molecule has 0 aliphatic heterocycles. The molecule has 0 aliphatic rings. The zero-order valence-corrected chi connectivity index (χ0v) is 19.7. The van der Waals surface area contributed by atoms with Crippen LogP contribution in [0, 0.1) is 20.8 Å². The molecule has 1 heteroatoms. The summed E-state index contributed by atoms with van der Waals surface area (Å²) < 4.78 is 2.51. The minimum atomic E-state index is 1.24. The number of hydrogen-bond donors (Lipinski definition) is 0. The summed E-state index contributed by atoms with van der Waals surface area (Å²) in [4.78, 5) is 0. The maximum atomic E-state index is 2.51. The second kappa shape index (κ2) is 6.95. The zero-order valence-electron chi connectivity index (χ0n) is 19.7. The van der Waals surface area contributed by atoms with E-state index in [9.17, 15) is 0 Å². The van der Waals surface area contributed by atoms with Gasteiger partial charge in [-0.15, -0.1) is 0 Å². The van der Waals surface area contributed by atoms with E-state index in [-0.39, 0.29) is 0 Å². The van der Waals surface area contributed by atoms with Crippen molar-refractivity contribution < 1.29 is 0 Å². The Morgan fingerprint density at radius 2 is 0.882 bits per heavy atom. The Labute approximate surface area is 198 Å². The second-order valence-electron chi connectivity index (χ2n) is 9.68. The van der Waals surface area contributed by atoms with E-state index in [1.807, 2.05) is 0 Å². The summed E-state index contributed by atoms with van der Waals surface area (Å²) in [6, 6.07) is 36.3. The standard InChI is InChI=1S/C33H25N/c1-20-13-15-31-28(16-20)30-18-22(3)17-29-26-11-7-5-9-24(26)23-8-4-6-10-25(23)27-14-12-21(2)19-32(27)34(31)33(29)30/h4-19H,1-3H3. The maximum Gasteiger partial charge on any atom is 0.0620 e. The summed E-state index contributed by atoms with van der Waals surface area (Å²) in [5, 5.41) is 10.3. The molecule has 0 spiro atoms. The van der Waals surface area contributed by atoms with E-state index in [1.54, 1.807) is 0 Å². The molecule has 0 amide bonds. The summed E-state index contributed by atoms with van der Waals surface area (Å²) in [6.45, 7) is 6.60. The number of aryl methyl sites for hydroxylation is 3. The van der Waals surface area contributed by atoms with Gasteiger partial charge in [0.15, 0.2) is 0 Å². The highest BCUT2D eigenvalue weighted by Crippen LogP contribution is 2.39. The average molecular weight is 436 g/mol. The quantitative estimate of drug-likeness (QED) is 0.224. The van der Waals surface area contributed by atoms with E-state index in [0.717, 1.165) is 0 Å². The van der Waals surface area contributed by atoms with Crippen molar-refractivity contribution in [1.82, 2.24) is 4.40 Å². The van der Waals surface area contributed by atoms with Crippen molar-refractivity contribution in [3.05, 3.63) is 114 Å².